The molecule has 5 heteroatoms. The average molecular weight is 378 g/mol. The smallest absolute Gasteiger partial charge is 0.250 e. The maximum Gasteiger partial charge on any atom is 0.250 e. The summed E-state index contributed by atoms with van der Waals surface area (Å²) in [6, 6.07) is 15.3. The minimum Gasteiger partial charge on any atom is -0.343 e. The van der Waals surface area contributed by atoms with Gasteiger partial charge in [-0.25, -0.2) is 0 Å². The van der Waals surface area contributed by atoms with E-state index in [4.69, 9.17) is 0 Å². The van der Waals surface area contributed by atoms with Crippen molar-refractivity contribution in [2.45, 2.75) is 38.3 Å². The van der Waals surface area contributed by atoms with Gasteiger partial charge >= 0.3 is 0 Å². The van der Waals surface area contributed by atoms with Crippen molar-refractivity contribution in [2.75, 3.05) is 0 Å². The molecule has 0 spiro atoms. The Labute approximate surface area is 162 Å². The molecule has 4 nitrogen and oxygen atoms in total. The van der Waals surface area contributed by atoms with E-state index in [9.17, 15) is 9.59 Å². The van der Waals surface area contributed by atoms with Gasteiger partial charge in [-0.15, -0.1) is 11.3 Å². The zero-order valence-corrected chi connectivity index (χ0v) is 15.9. The molecule has 0 aliphatic heterocycles. The Balaban J connectivity index is 1.60. The normalized spacial score (nSPS) is 14.4. The Bertz CT molecular complexity index is 992. The number of fused-ring (bicyclic) bond motifs is 1. The highest BCUT2D eigenvalue weighted by Crippen LogP contribution is 2.30. The summed E-state index contributed by atoms with van der Waals surface area (Å²) >= 11 is 1.63. The number of carbonyl (C=O) groups excluding carboxylic acids is 1. The number of hydrogen-bond acceptors (Lipinski definition) is 3. The molecule has 1 amide bonds. The zero-order chi connectivity index (χ0) is 18.6. The van der Waals surface area contributed by atoms with Gasteiger partial charge in [0.1, 0.15) is 6.54 Å². The van der Waals surface area contributed by atoms with E-state index in [-0.39, 0.29) is 24.1 Å². The number of rotatable bonds is 5. The van der Waals surface area contributed by atoms with Crippen LogP contribution in [0.5, 0.6) is 0 Å². The maximum atomic E-state index is 12.7. The molecule has 138 valence electrons. The lowest BCUT2D eigenvalue weighted by Gasteiger charge is -2.22. The highest BCUT2D eigenvalue weighted by atomic mass is 32.1. The van der Waals surface area contributed by atoms with Gasteiger partial charge in [0, 0.05) is 17.1 Å². The minimum absolute atomic E-state index is 0.0203. The zero-order valence-electron chi connectivity index (χ0n) is 15.1. The van der Waals surface area contributed by atoms with Crippen LogP contribution in [0.4, 0.5) is 0 Å². The summed E-state index contributed by atoms with van der Waals surface area (Å²) < 4.78 is 1.42. The van der Waals surface area contributed by atoms with Crippen molar-refractivity contribution < 1.29 is 4.79 Å². The molecule has 1 atom stereocenters. The van der Waals surface area contributed by atoms with Gasteiger partial charge in [0.25, 0.3) is 5.56 Å². The van der Waals surface area contributed by atoms with E-state index in [1.165, 1.54) is 34.6 Å². The lowest BCUT2D eigenvalue weighted by molar-refractivity contribution is -0.122. The largest absolute Gasteiger partial charge is 0.343 e. The molecule has 1 N–H and O–H groups in total. The molecule has 0 fully saturated rings. The first-order chi connectivity index (χ1) is 13.2. The maximum absolute atomic E-state index is 12.7. The van der Waals surface area contributed by atoms with Gasteiger partial charge in [-0.1, -0.05) is 30.3 Å². The number of nitrogens with one attached hydrogen (secondary N) is 1. The van der Waals surface area contributed by atoms with Crippen LogP contribution < -0.4 is 10.9 Å². The van der Waals surface area contributed by atoms with Crippen molar-refractivity contribution in [3.63, 3.8) is 0 Å². The van der Waals surface area contributed by atoms with Crippen LogP contribution in [0.2, 0.25) is 0 Å². The molecule has 2 heterocycles. The number of pyridine rings is 1. The summed E-state index contributed by atoms with van der Waals surface area (Å²) in [5.74, 6) is -0.167. The van der Waals surface area contributed by atoms with E-state index in [0.717, 1.165) is 23.3 Å². The molecule has 0 bridgehead atoms. The Morgan fingerprint density at radius 2 is 1.93 bits per heavy atom. The molecule has 0 saturated heterocycles. The summed E-state index contributed by atoms with van der Waals surface area (Å²) in [6.07, 6.45) is 6.36. The molecular weight excluding hydrogens is 356 g/mol. The van der Waals surface area contributed by atoms with Gasteiger partial charge in [-0.2, -0.15) is 0 Å². The lowest BCUT2D eigenvalue weighted by Crippen LogP contribution is -2.34. The van der Waals surface area contributed by atoms with E-state index >= 15 is 0 Å². The van der Waals surface area contributed by atoms with Crippen molar-refractivity contribution in [1.82, 2.24) is 9.88 Å². The SMILES string of the molecule is O=C(Cn1ccccc1=O)NC(c1ccc2c(c1)CCCC2)c1cccs1. The van der Waals surface area contributed by atoms with E-state index < -0.39 is 0 Å². The van der Waals surface area contributed by atoms with E-state index in [1.807, 2.05) is 17.5 Å². The predicted octanol–water partition coefficient (Wildman–Crippen LogP) is 3.69. The molecule has 2 aromatic heterocycles. The van der Waals surface area contributed by atoms with Crippen LogP contribution in [0.1, 0.15) is 40.5 Å². The Kier molecular flexibility index (Phi) is 5.21. The monoisotopic (exact) mass is 378 g/mol. The first-order valence-electron chi connectivity index (χ1n) is 9.30. The van der Waals surface area contributed by atoms with E-state index in [1.54, 1.807) is 29.7 Å². The van der Waals surface area contributed by atoms with Crippen LogP contribution in [-0.2, 0) is 24.2 Å². The van der Waals surface area contributed by atoms with Gasteiger partial charge in [-0.3, -0.25) is 9.59 Å². The van der Waals surface area contributed by atoms with E-state index in [0.29, 0.717) is 0 Å². The summed E-state index contributed by atoms with van der Waals surface area (Å²) in [5.41, 5.74) is 3.76. The molecule has 0 radical (unpaired) electrons. The molecule has 1 aliphatic carbocycles. The van der Waals surface area contributed by atoms with Crippen LogP contribution in [0.25, 0.3) is 0 Å². The minimum atomic E-state index is -0.191. The van der Waals surface area contributed by atoms with Crippen molar-refractivity contribution in [2.24, 2.45) is 0 Å². The summed E-state index contributed by atoms with van der Waals surface area (Å²) in [6.45, 7) is 0.0203. The fourth-order valence-corrected chi connectivity index (χ4v) is 4.46. The van der Waals surface area contributed by atoms with Gasteiger partial charge in [0.05, 0.1) is 6.04 Å². The second-order valence-corrected chi connectivity index (χ2v) is 7.90. The summed E-state index contributed by atoms with van der Waals surface area (Å²) in [5, 5.41) is 5.15. The Hall–Kier alpha value is -2.66. The number of aryl methyl sites for hydroxylation is 2. The quantitative estimate of drug-likeness (QED) is 0.736. The molecule has 0 saturated carbocycles. The van der Waals surface area contributed by atoms with Crippen LogP contribution >= 0.6 is 11.3 Å². The Morgan fingerprint density at radius 1 is 1.07 bits per heavy atom. The number of amides is 1. The van der Waals surface area contributed by atoms with Crippen LogP contribution in [0, 0.1) is 0 Å². The number of benzene rings is 1. The van der Waals surface area contributed by atoms with Gasteiger partial charge in [0.2, 0.25) is 5.91 Å². The number of carbonyl (C=O) groups is 1. The van der Waals surface area contributed by atoms with Gasteiger partial charge < -0.3 is 9.88 Å². The van der Waals surface area contributed by atoms with Gasteiger partial charge in [-0.05, 0) is 59.9 Å². The fraction of sp³-hybridized carbons (Fsp3) is 0.273. The first-order valence-corrected chi connectivity index (χ1v) is 10.2. The number of nitrogens with zero attached hydrogens (tertiary/aromatic N) is 1. The molecule has 4 rings (SSSR count). The number of aromatic nitrogens is 1. The summed E-state index contributed by atoms with van der Waals surface area (Å²) in [4.78, 5) is 25.6. The third-order valence-corrected chi connectivity index (χ3v) is 5.99. The predicted molar refractivity (Wildman–Crippen MR) is 108 cm³/mol. The molecule has 27 heavy (non-hydrogen) atoms. The summed E-state index contributed by atoms with van der Waals surface area (Å²) in [7, 11) is 0. The fourth-order valence-electron chi connectivity index (χ4n) is 3.66. The topological polar surface area (TPSA) is 51.1 Å². The molecular formula is C22H22N2O2S. The molecule has 1 unspecified atom stereocenters. The second-order valence-electron chi connectivity index (χ2n) is 6.92. The molecule has 1 aliphatic rings. The lowest BCUT2D eigenvalue weighted by atomic mass is 9.89. The third-order valence-electron chi connectivity index (χ3n) is 5.05. The van der Waals surface area contributed by atoms with Crippen molar-refractivity contribution in [3.8, 4) is 0 Å². The van der Waals surface area contributed by atoms with Crippen LogP contribution in [0.15, 0.2) is 64.9 Å². The first kappa shape index (κ1) is 17.7. The highest BCUT2D eigenvalue weighted by Gasteiger charge is 2.20. The average Bonchev–Trinajstić information content (AvgIpc) is 3.22. The Morgan fingerprint density at radius 3 is 2.70 bits per heavy atom. The van der Waals surface area contributed by atoms with Crippen molar-refractivity contribution in [1.29, 1.82) is 0 Å². The van der Waals surface area contributed by atoms with Crippen molar-refractivity contribution >= 4 is 17.2 Å². The standard InChI is InChI=1S/C22H22N2O2S/c25-20(15-24-12-4-3-9-21(24)26)23-22(19-8-5-13-27-19)18-11-10-16-6-1-2-7-17(16)14-18/h3-5,8-14,22H,1-2,6-7,15H2,(H,23,25). The molecule has 1 aromatic carbocycles. The third kappa shape index (κ3) is 4.03. The number of thiophene rings is 1. The van der Waals surface area contributed by atoms with Gasteiger partial charge in [0.15, 0.2) is 0 Å². The van der Waals surface area contributed by atoms with E-state index in [2.05, 4.69) is 23.5 Å². The number of hydrogen-bond donors (Lipinski definition) is 1. The van der Waals surface area contributed by atoms with Crippen LogP contribution in [-0.4, -0.2) is 10.5 Å². The molecule has 3 aromatic rings. The highest BCUT2D eigenvalue weighted by molar-refractivity contribution is 7.10. The second kappa shape index (κ2) is 7.92. The van der Waals surface area contributed by atoms with Crippen LogP contribution in [0.3, 0.4) is 0 Å². The van der Waals surface area contributed by atoms with Crippen molar-refractivity contribution in [3.05, 3.63) is 92.0 Å².